The molecule has 1 N–H and O–H groups in total. The number of aromatic nitrogens is 1. The summed E-state index contributed by atoms with van der Waals surface area (Å²) in [7, 11) is 0. The van der Waals surface area contributed by atoms with E-state index in [1.165, 1.54) is 0 Å². The molecule has 0 fully saturated rings. The minimum absolute atomic E-state index is 0.0628. The SMILES string of the molecule is Cc1nc(C)c(CO)o1. The summed E-state index contributed by atoms with van der Waals surface area (Å²) in [6.45, 7) is 3.50. The van der Waals surface area contributed by atoms with Crippen LogP contribution in [-0.4, -0.2) is 10.1 Å². The molecule has 3 nitrogen and oxygen atoms in total. The van der Waals surface area contributed by atoms with Crippen LogP contribution in [0.5, 0.6) is 0 Å². The first-order chi connectivity index (χ1) is 4.24. The summed E-state index contributed by atoms with van der Waals surface area (Å²) in [5, 5.41) is 8.60. The minimum atomic E-state index is -0.0628. The van der Waals surface area contributed by atoms with Gasteiger partial charge in [-0.2, -0.15) is 0 Å². The Morgan fingerprint density at radius 3 is 2.44 bits per heavy atom. The van der Waals surface area contributed by atoms with Crippen LogP contribution in [0.25, 0.3) is 0 Å². The number of oxazole rings is 1. The van der Waals surface area contributed by atoms with Gasteiger partial charge in [0.25, 0.3) is 0 Å². The first kappa shape index (κ1) is 6.29. The van der Waals surface area contributed by atoms with E-state index in [9.17, 15) is 0 Å². The molecule has 0 aliphatic carbocycles. The smallest absolute Gasteiger partial charge is 0.191 e. The number of aliphatic hydroxyl groups excluding tert-OH is 1. The van der Waals surface area contributed by atoms with Gasteiger partial charge in [-0.3, -0.25) is 0 Å². The maximum atomic E-state index is 8.60. The van der Waals surface area contributed by atoms with Gasteiger partial charge in [0, 0.05) is 6.92 Å². The standard InChI is InChI=1S/C6H9NO2/c1-4-6(3-8)9-5(2)7-4/h8H,3H2,1-2H3. The zero-order chi connectivity index (χ0) is 6.85. The summed E-state index contributed by atoms with van der Waals surface area (Å²) in [4.78, 5) is 3.96. The van der Waals surface area contributed by atoms with Crippen molar-refractivity contribution < 1.29 is 9.52 Å². The second kappa shape index (κ2) is 2.19. The molecule has 0 amide bonds. The molecule has 1 rings (SSSR count). The number of nitrogens with zero attached hydrogens (tertiary/aromatic N) is 1. The Morgan fingerprint density at radius 2 is 2.22 bits per heavy atom. The molecular formula is C6H9NO2. The third kappa shape index (κ3) is 1.10. The van der Waals surface area contributed by atoms with Gasteiger partial charge in [-0.15, -0.1) is 0 Å². The Balaban J connectivity index is 3.01. The summed E-state index contributed by atoms with van der Waals surface area (Å²) < 4.78 is 5.00. The van der Waals surface area contributed by atoms with Gasteiger partial charge in [0.1, 0.15) is 6.61 Å². The molecule has 3 heteroatoms. The first-order valence-electron chi connectivity index (χ1n) is 2.78. The van der Waals surface area contributed by atoms with Gasteiger partial charge in [-0.05, 0) is 6.92 Å². The second-order valence-corrected chi connectivity index (χ2v) is 1.90. The lowest BCUT2D eigenvalue weighted by molar-refractivity contribution is 0.243. The molecule has 1 aromatic heterocycles. The third-order valence-corrected chi connectivity index (χ3v) is 1.14. The molecule has 0 saturated heterocycles. The molecule has 1 heterocycles. The zero-order valence-electron chi connectivity index (χ0n) is 5.51. The van der Waals surface area contributed by atoms with E-state index in [-0.39, 0.29) is 6.61 Å². The quantitative estimate of drug-likeness (QED) is 0.606. The number of aliphatic hydroxyl groups is 1. The summed E-state index contributed by atoms with van der Waals surface area (Å²) >= 11 is 0. The minimum Gasteiger partial charge on any atom is -0.443 e. The summed E-state index contributed by atoms with van der Waals surface area (Å²) in [6.07, 6.45) is 0. The third-order valence-electron chi connectivity index (χ3n) is 1.14. The van der Waals surface area contributed by atoms with Gasteiger partial charge < -0.3 is 9.52 Å². The molecule has 0 bridgehead atoms. The molecule has 50 valence electrons. The first-order valence-corrected chi connectivity index (χ1v) is 2.78. The van der Waals surface area contributed by atoms with Crippen molar-refractivity contribution in [1.29, 1.82) is 0 Å². The molecule has 1 aromatic rings. The molecule has 0 aromatic carbocycles. The highest BCUT2D eigenvalue weighted by Crippen LogP contribution is 2.07. The van der Waals surface area contributed by atoms with Crippen LogP contribution in [0.15, 0.2) is 4.42 Å². The Morgan fingerprint density at radius 1 is 1.56 bits per heavy atom. The van der Waals surface area contributed by atoms with Crippen LogP contribution in [0.2, 0.25) is 0 Å². The zero-order valence-corrected chi connectivity index (χ0v) is 5.51. The number of hydrogen-bond acceptors (Lipinski definition) is 3. The van der Waals surface area contributed by atoms with Crippen molar-refractivity contribution in [2.75, 3.05) is 0 Å². The van der Waals surface area contributed by atoms with Crippen molar-refractivity contribution in [3.63, 3.8) is 0 Å². The Bertz CT molecular complexity index is 205. The highest BCUT2D eigenvalue weighted by atomic mass is 16.4. The van der Waals surface area contributed by atoms with Crippen molar-refractivity contribution >= 4 is 0 Å². The lowest BCUT2D eigenvalue weighted by Gasteiger charge is -1.84. The molecular weight excluding hydrogens is 118 g/mol. The van der Waals surface area contributed by atoms with Crippen LogP contribution >= 0.6 is 0 Å². The molecule has 0 saturated carbocycles. The van der Waals surface area contributed by atoms with Gasteiger partial charge in [-0.1, -0.05) is 0 Å². The average Bonchev–Trinajstić information content (AvgIpc) is 2.10. The van der Waals surface area contributed by atoms with Crippen molar-refractivity contribution in [2.24, 2.45) is 0 Å². The highest BCUT2D eigenvalue weighted by Gasteiger charge is 2.02. The highest BCUT2D eigenvalue weighted by molar-refractivity contribution is 5.05. The van der Waals surface area contributed by atoms with Gasteiger partial charge in [0.2, 0.25) is 0 Å². The Hall–Kier alpha value is -0.830. The van der Waals surface area contributed by atoms with Crippen LogP contribution in [-0.2, 0) is 6.61 Å². The fraction of sp³-hybridized carbons (Fsp3) is 0.500. The molecule has 0 aliphatic rings. The van der Waals surface area contributed by atoms with Gasteiger partial charge in [0.15, 0.2) is 11.7 Å². The summed E-state index contributed by atoms with van der Waals surface area (Å²) in [5.74, 6) is 1.17. The summed E-state index contributed by atoms with van der Waals surface area (Å²) in [6, 6.07) is 0. The van der Waals surface area contributed by atoms with E-state index >= 15 is 0 Å². The lowest BCUT2D eigenvalue weighted by atomic mass is 10.4. The van der Waals surface area contributed by atoms with Crippen LogP contribution in [0, 0.1) is 13.8 Å². The van der Waals surface area contributed by atoms with E-state index in [2.05, 4.69) is 4.98 Å². The Kier molecular flexibility index (Phi) is 1.53. The number of rotatable bonds is 1. The van der Waals surface area contributed by atoms with Gasteiger partial charge >= 0.3 is 0 Å². The van der Waals surface area contributed by atoms with Crippen molar-refractivity contribution in [3.8, 4) is 0 Å². The average molecular weight is 127 g/mol. The molecule has 0 aliphatic heterocycles. The molecule has 0 spiro atoms. The van der Waals surface area contributed by atoms with Crippen molar-refractivity contribution in [3.05, 3.63) is 17.3 Å². The lowest BCUT2D eigenvalue weighted by Crippen LogP contribution is -1.81. The number of hydrogen-bond donors (Lipinski definition) is 1. The maximum Gasteiger partial charge on any atom is 0.191 e. The normalized spacial score (nSPS) is 10.1. The number of aryl methyl sites for hydroxylation is 2. The molecule has 0 unspecified atom stereocenters. The largest absolute Gasteiger partial charge is 0.443 e. The maximum absolute atomic E-state index is 8.60. The summed E-state index contributed by atoms with van der Waals surface area (Å²) in [5.41, 5.74) is 0.773. The van der Waals surface area contributed by atoms with E-state index in [1.807, 2.05) is 6.92 Å². The van der Waals surface area contributed by atoms with E-state index < -0.39 is 0 Å². The van der Waals surface area contributed by atoms with Gasteiger partial charge in [-0.25, -0.2) is 4.98 Å². The van der Waals surface area contributed by atoms with Crippen molar-refractivity contribution in [1.82, 2.24) is 4.98 Å². The van der Waals surface area contributed by atoms with Gasteiger partial charge in [0.05, 0.1) is 5.69 Å². The van der Waals surface area contributed by atoms with E-state index in [1.54, 1.807) is 6.92 Å². The fourth-order valence-electron chi connectivity index (χ4n) is 0.720. The topological polar surface area (TPSA) is 46.3 Å². The van der Waals surface area contributed by atoms with Crippen LogP contribution in [0.4, 0.5) is 0 Å². The van der Waals surface area contributed by atoms with E-state index in [0.717, 1.165) is 5.69 Å². The van der Waals surface area contributed by atoms with Crippen LogP contribution in [0.1, 0.15) is 17.3 Å². The molecule has 0 radical (unpaired) electrons. The Labute approximate surface area is 53.3 Å². The monoisotopic (exact) mass is 127 g/mol. The fourth-order valence-corrected chi connectivity index (χ4v) is 0.720. The van der Waals surface area contributed by atoms with E-state index in [0.29, 0.717) is 11.7 Å². The van der Waals surface area contributed by atoms with Crippen LogP contribution < -0.4 is 0 Å². The predicted octanol–water partition coefficient (Wildman–Crippen LogP) is 0.784. The molecule has 0 atom stereocenters. The van der Waals surface area contributed by atoms with E-state index in [4.69, 9.17) is 9.52 Å². The van der Waals surface area contributed by atoms with Crippen LogP contribution in [0.3, 0.4) is 0 Å². The predicted molar refractivity (Wildman–Crippen MR) is 31.9 cm³/mol. The van der Waals surface area contributed by atoms with Crippen molar-refractivity contribution in [2.45, 2.75) is 20.5 Å². The molecule has 9 heavy (non-hydrogen) atoms. The second-order valence-electron chi connectivity index (χ2n) is 1.90.